The third-order valence-corrected chi connectivity index (χ3v) is 2.67. The lowest BCUT2D eigenvalue weighted by Gasteiger charge is -2.08. The number of pyridine rings is 2. The van der Waals surface area contributed by atoms with Crippen molar-refractivity contribution in [3.63, 3.8) is 0 Å². The average molecular weight is 237 g/mol. The number of hydrogen-bond acceptors (Lipinski definition) is 3. The van der Waals surface area contributed by atoms with Crippen LogP contribution < -0.4 is 0 Å². The average Bonchev–Trinajstić information content (AvgIpc) is 2.26. The van der Waals surface area contributed by atoms with Crippen LogP contribution in [-0.4, -0.2) is 21.0 Å². The molecule has 0 radical (unpaired) electrons. The molecule has 0 saturated carbocycles. The Morgan fingerprint density at radius 2 is 2.31 bits per heavy atom. The Balaban J connectivity index is 2.93. The van der Waals surface area contributed by atoms with Crippen LogP contribution in [0.1, 0.15) is 22.8 Å². The zero-order valence-electron chi connectivity index (χ0n) is 8.57. The fourth-order valence-corrected chi connectivity index (χ4v) is 1.97. The number of carboxylic acids is 1. The van der Waals surface area contributed by atoms with Crippen LogP contribution in [0.15, 0.2) is 18.3 Å². The third kappa shape index (κ3) is 1.61. The molecule has 0 fully saturated rings. The number of rotatable bonds is 2. The monoisotopic (exact) mass is 236 g/mol. The molecule has 0 aliphatic heterocycles. The highest BCUT2D eigenvalue weighted by atomic mass is 35.5. The predicted octanol–water partition coefficient (Wildman–Crippen LogP) is 2.54. The van der Waals surface area contributed by atoms with Crippen LogP contribution in [-0.2, 0) is 6.42 Å². The fraction of sp³-hybridized carbons (Fsp3) is 0.182. The van der Waals surface area contributed by atoms with Gasteiger partial charge in [-0.1, -0.05) is 18.5 Å². The fourth-order valence-electron chi connectivity index (χ4n) is 1.65. The molecule has 2 rings (SSSR count). The number of carboxylic acid groups (broad SMARTS) is 1. The van der Waals surface area contributed by atoms with Crippen LogP contribution in [0.3, 0.4) is 0 Å². The summed E-state index contributed by atoms with van der Waals surface area (Å²) in [6.45, 7) is 1.84. The molecule has 5 heteroatoms. The molecule has 2 aromatic rings. The van der Waals surface area contributed by atoms with Crippen molar-refractivity contribution < 1.29 is 9.90 Å². The first-order valence-electron chi connectivity index (χ1n) is 4.81. The Bertz CT molecular complexity index is 569. The molecular formula is C11H9ClN2O2. The van der Waals surface area contributed by atoms with Crippen molar-refractivity contribution in [3.8, 4) is 0 Å². The number of carbonyl (C=O) groups is 1. The lowest BCUT2D eigenvalue weighted by molar-refractivity contribution is 0.0697. The van der Waals surface area contributed by atoms with Gasteiger partial charge in [0.2, 0.25) is 0 Å². The lowest BCUT2D eigenvalue weighted by Crippen LogP contribution is -2.06. The molecule has 16 heavy (non-hydrogen) atoms. The molecule has 0 aromatic carbocycles. The highest BCUT2D eigenvalue weighted by molar-refractivity contribution is 6.31. The minimum Gasteiger partial charge on any atom is -0.478 e. The Morgan fingerprint density at radius 3 is 2.94 bits per heavy atom. The van der Waals surface area contributed by atoms with Crippen molar-refractivity contribution in [2.75, 3.05) is 0 Å². The van der Waals surface area contributed by atoms with Gasteiger partial charge in [-0.3, -0.25) is 4.98 Å². The summed E-state index contributed by atoms with van der Waals surface area (Å²) in [5.74, 6) is -1.02. The summed E-state index contributed by atoms with van der Waals surface area (Å²) in [6.07, 6.45) is 2.06. The number of aromatic carboxylic acids is 1. The first kappa shape index (κ1) is 10.8. The maximum absolute atomic E-state index is 11.2. The molecular weight excluding hydrogens is 228 g/mol. The van der Waals surface area contributed by atoms with Gasteiger partial charge in [0.25, 0.3) is 0 Å². The van der Waals surface area contributed by atoms with Gasteiger partial charge in [-0.15, -0.1) is 0 Å². The van der Waals surface area contributed by atoms with Gasteiger partial charge in [0.15, 0.2) is 0 Å². The largest absolute Gasteiger partial charge is 0.478 e. The molecule has 0 unspecified atom stereocenters. The highest BCUT2D eigenvalue weighted by Gasteiger charge is 2.18. The molecule has 2 heterocycles. The van der Waals surface area contributed by atoms with E-state index in [0.717, 1.165) is 0 Å². The van der Waals surface area contributed by atoms with Gasteiger partial charge in [-0.05, 0) is 18.6 Å². The Labute approximate surface area is 96.9 Å². The van der Waals surface area contributed by atoms with Gasteiger partial charge < -0.3 is 5.11 Å². The number of nitrogens with zero attached hydrogens (tertiary/aromatic N) is 2. The topological polar surface area (TPSA) is 63.1 Å². The van der Waals surface area contributed by atoms with E-state index < -0.39 is 5.97 Å². The number of aromatic nitrogens is 2. The summed E-state index contributed by atoms with van der Waals surface area (Å²) in [4.78, 5) is 19.4. The van der Waals surface area contributed by atoms with Crippen LogP contribution in [0.5, 0.6) is 0 Å². The van der Waals surface area contributed by atoms with E-state index in [1.54, 1.807) is 18.3 Å². The van der Waals surface area contributed by atoms with Crippen molar-refractivity contribution in [1.29, 1.82) is 0 Å². The van der Waals surface area contributed by atoms with Gasteiger partial charge in [0.05, 0.1) is 11.1 Å². The summed E-state index contributed by atoms with van der Waals surface area (Å²) < 4.78 is 0. The van der Waals surface area contributed by atoms with E-state index in [9.17, 15) is 9.90 Å². The predicted molar refractivity (Wildman–Crippen MR) is 60.9 cm³/mol. The Hall–Kier alpha value is -1.68. The minimum atomic E-state index is -1.02. The summed E-state index contributed by atoms with van der Waals surface area (Å²) >= 11 is 5.95. The number of fused-ring (bicyclic) bond motifs is 1. The maximum atomic E-state index is 11.2. The van der Waals surface area contributed by atoms with E-state index >= 15 is 0 Å². The number of hydrogen-bond donors (Lipinski definition) is 1. The third-order valence-electron chi connectivity index (χ3n) is 2.36. The van der Waals surface area contributed by atoms with Crippen LogP contribution in [0.4, 0.5) is 0 Å². The van der Waals surface area contributed by atoms with E-state index in [1.165, 1.54) is 0 Å². The van der Waals surface area contributed by atoms with E-state index in [0.29, 0.717) is 23.0 Å². The van der Waals surface area contributed by atoms with Crippen molar-refractivity contribution in [2.45, 2.75) is 13.3 Å². The van der Waals surface area contributed by atoms with Gasteiger partial charge in [0, 0.05) is 11.8 Å². The molecule has 0 saturated heterocycles. The van der Waals surface area contributed by atoms with Crippen molar-refractivity contribution in [1.82, 2.24) is 9.97 Å². The molecule has 0 aliphatic rings. The van der Waals surface area contributed by atoms with Gasteiger partial charge in [-0.2, -0.15) is 0 Å². The summed E-state index contributed by atoms with van der Waals surface area (Å²) in [7, 11) is 0. The van der Waals surface area contributed by atoms with Crippen LogP contribution >= 0.6 is 11.6 Å². The van der Waals surface area contributed by atoms with E-state index in [2.05, 4.69) is 9.97 Å². The molecule has 0 aliphatic carbocycles. The van der Waals surface area contributed by atoms with Gasteiger partial charge >= 0.3 is 5.97 Å². The quantitative estimate of drug-likeness (QED) is 0.814. The van der Waals surface area contributed by atoms with Crippen LogP contribution in [0.2, 0.25) is 5.15 Å². The molecule has 1 N–H and O–H groups in total. The second-order valence-corrected chi connectivity index (χ2v) is 3.64. The SMILES string of the molecule is CCc1c(Cl)nc2cccnc2c1C(=O)O. The molecule has 82 valence electrons. The summed E-state index contributed by atoms with van der Waals surface area (Å²) in [6, 6.07) is 3.39. The Kier molecular flexibility index (Phi) is 2.75. The smallest absolute Gasteiger partial charge is 0.338 e. The van der Waals surface area contributed by atoms with E-state index in [-0.39, 0.29) is 10.7 Å². The van der Waals surface area contributed by atoms with Crippen LogP contribution in [0, 0.1) is 0 Å². The van der Waals surface area contributed by atoms with E-state index in [1.807, 2.05) is 6.92 Å². The zero-order valence-corrected chi connectivity index (χ0v) is 9.32. The maximum Gasteiger partial charge on any atom is 0.338 e. The summed E-state index contributed by atoms with van der Waals surface area (Å²) in [5.41, 5.74) is 1.57. The molecule has 0 spiro atoms. The normalized spacial score (nSPS) is 10.6. The molecule has 4 nitrogen and oxygen atoms in total. The van der Waals surface area contributed by atoms with E-state index in [4.69, 9.17) is 11.6 Å². The first-order chi connectivity index (χ1) is 7.65. The van der Waals surface area contributed by atoms with Crippen molar-refractivity contribution >= 4 is 28.6 Å². The standard InChI is InChI=1S/C11H9ClN2O2/c1-2-6-8(11(15)16)9-7(14-10(6)12)4-3-5-13-9/h3-5H,2H2,1H3,(H,15,16). The van der Waals surface area contributed by atoms with Gasteiger partial charge in [0.1, 0.15) is 10.7 Å². The summed E-state index contributed by atoms with van der Waals surface area (Å²) in [5, 5.41) is 9.43. The lowest BCUT2D eigenvalue weighted by atomic mass is 10.1. The Morgan fingerprint density at radius 1 is 1.56 bits per heavy atom. The highest BCUT2D eigenvalue weighted by Crippen LogP contribution is 2.25. The molecule has 0 bridgehead atoms. The van der Waals surface area contributed by atoms with Crippen molar-refractivity contribution in [2.24, 2.45) is 0 Å². The molecule has 2 aromatic heterocycles. The second-order valence-electron chi connectivity index (χ2n) is 3.29. The minimum absolute atomic E-state index is 0.151. The number of halogens is 1. The second kappa shape index (κ2) is 4.06. The molecule has 0 atom stereocenters. The van der Waals surface area contributed by atoms with Gasteiger partial charge in [-0.25, -0.2) is 9.78 Å². The van der Waals surface area contributed by atoms with Crippen molar-refractivity contribution in [3.05, 3.63) is 34.6 Å². The zero-order chi connectivity index (χ0) is 11.7. The van der Waals surface area contributed by atoms with Crippen LogP contribution in [0.25, 0.3) is 11.0 Å². The first-order valence-corrected chi connectivity index (χ1v) is 5.19. The molecule has 0 amide bonds.